The first-order valence-electron chi connectivity index (χ1n) is 11.6. The van der Waals surface area contributed by atoms with Crippen LogP contribution in [0.1, 0.15) is 24.2 Å². The van der Waals surface area contributed by atoms with E-state index in [0.717, 1.165) is 11.6 Å². The van der Waals surface area contributed by atoms with Crippen molar-refractivity contribution in [1.82, 2.24) is 15.1 Å². The zero-order chi connectivity index (χ0) is 26.0. The normalized spacial score (nSPS) is 14.5. The fourth-order valence-corrected chi connectivity index (χ4v) is 3.98. The monoisotopic (exact) mass is 512 g/mol. The number of alkyl halides is 3. The number of fused-ring (bicyclic) bond motifs is 1. The molecule has 0 aliphatic heterocycles. The molecular weight excluding hydrogens is 489 g/mol. The molecule has 1 aliphatic carbocycles. The molecule has 1 aliphatic rings. The third kappa shape index (κ3) is 5.26. The second kappa shape index (κ2) is 9.81. The molecule has 4 aromatic rings. The maximum atomic E-state index is 13.2. The molecular formula is C26H23F3N4O4. The Labute approximate surface area is 209 Å². The smallest absolute Gasteiger partial charge is 0.401 e. The Hall–Kier alpha value is -3.99. The number of rotatable bonds is 9. The van der Waals surface area contributed by atoms with Gasteiger partial charge >= 0.3 is 6.18 Å². The van der Waals surface area contributed by atoms with Gasteiger partial charge in [-0.25, -0.2) is 4.98 Å². The van der Waals surface area contributed by atoms with Crippen LogP contribution in [0.5, 0.6) is 5.75 Å². The van der Waals surface area contributed by atoms with Crippen molar-refractivity contribution in [2.45, 2.75) is 30.9 Å². The first-order chi connectivity index (χ1) is 17.8. The number of hydrogen-bond donors (Lipinski definition) is 1. The van der Waals surface area contributed by atoms with Crippen LogP contribution in [0.15, 0.2) is 59.3 Å². The Balaban J connectivity index is 1.21. The molecule has 1 fully saturated rings. The molecule has 2 heterocycles. The summed E-state index contributed by atoms with van der Waals surface area (Å²) >= 11 is 0. The molecule has 0 radical (unpaired) electrons. The zero-order valence-corrected chi connectivity index (χ0v) is 19.8. The number of carbonyl (C=O) groups is 1. The van der Waals surface area contributed by atoms with Gasteiger partial charge in [-0.15, -0.1) is 0 Å². The van der Waals surface area contributed by atoms with Crippen LogP contribution in [-0.2, 0) is 21.4 Å². The van der Waals surface area contributed by atoms with Crippen LogP contribution in [0.25, 0.3) is 22.3 Å². The van der Waals surface area contributed by atoms with Crippen molar-refractivity contribution in [3.05, 3.63) is 66.1 Å². The standard InChI is InChI=1S/C26H23F3N4O4/c1-35-10-11-36-18-6-7-19-20(13-18)30-15-21(31-19)17-4-2-16(3-5-17)12-24(34)32-23-14-22(37-33-23)25(8-9-25)26(27,28)29/h2-7,13-15H,8-12H2,1H3,(H,32,33,34). The molecule has 0 bridgehead atoms. The van der Waals surface area contributed by atoms with Gasteiger partial charge in [-0.2, -0.15) is 13.2 Å². The highest BCUT2D eigenvalue weighted by Crippen LogP contribution is 2.59. The fraction of sp³-hybridized carbons (Fsp3) is 0.308. The Kier molecular flexibility index (Phi) is 6.55. The van der Waals surface area contributed by atoms with E-state index in [1.54, 1.807) is 25.4 Å². The maximum Gasteiger partial charge on any atom is 0.401 e. The van der Waals surface area contributed by atoms with Gasteiger partial charge in [0.25, 0.3) is 0 Å². The summed E-state index contributed by atoms with van der Waals surface area (Å²) in [5.74, 6) is -0.0428. The van der Waals surface area contributed by atoms with Crippen molar-refractivity contribution in [2.75, 3.05) is 25.6 Å². The molecule has 1 amide bonds. The van der Waals surface area contributed by atoms with Gasteiger partial charge in [-0.3, -0.25) is 9.78 Å². The number of anilines is 1. The summed E-state index contributed by atoms with van der Waals surface area (Å²) in [4.78, 5) is 21.5. The molecule has 0 saturated heterocycles. The summed E-state index contributed by atoms with van der Waals surface area (Å²) in [6, 6.07) is 13.8. The van der Waals surface area contributed by atoms with Gasteiger partial charge in [-0.05, 0) is 30.5 Å². The minimum Gasteiger partial charge on any atom is -0.491 e. The lowest BCUT2D eigenvalue weighted by molar-refractivity contribution is -0.165. The van der Waals surface area contributed by atoms with Crippen LogP contribution in [0.3, 0.4) is 0 Å². The Bertz CT molecular complexity index is 1420. The van der Waals surface area contributed by atoms with E-state index in [1.165, 1.54) is 0 Å². The summed E-state index contributed by atoms with van der Waals surface area (Å²) in [6.45, 7) is 0.931. The van der Waals surface area contributed by atoms with Crippen LogP contribution in [-0.4, -0.2) is 47.5 Å². The summed E-state index contributed by atoms with van der Waals surface area (Å²) in [5.41, 5.74) is 1.64. The number of carbonyl (C=O) groups excluding carboxylic acids is 1. The molecule has 0 spiro atoms. The van der Waals surface area contributed by atoms with Crippen molar-refractivity contribution >= 4 is 22.8 Å². The van der Waals surface area contributed by atoms with E-state index in [-0.39, 0.29) is 30.8 Å². The number of halogens is 3. The topological polar surface area (TPSA) is 99.4 Å². The van der Waals surface area contributed by atoms with Gasteiger partial charge in [0.05, 0.1) is 36.0 Å². The van der Waals surface area contributed by atoms with E-state index in [9.17, 15) is 18.0 Å². The summed E-state index contributed by atoms with van der Waals surface area (Å²) in [5, 5.41) is 6.08. The molecule has 1 saturated carbocycles. The average molecular weight is 512 g/mol. The van der Waals surface area contributed by atoms with Gasteiger partial charge in [0.15, 0.2) is 11.6 Å². The molecule has 8 nitrogen and oxygen atoms in total. The predicted octanol–water partition coefficient (Wildman–Crippen LogP) is 5.09. The largest absolute Gasteiger partial charge is 0.491 e. The fourth-order valence-electron chi connectivity index (χ4n) is 3.98. The van der Waals surface area contributed by atoms with Crippen molar-refractivity contribution < 1.29 is 32.0 Å². The lowest BCUT2D eigenvalue weighted by Gasteiger charge is -2.14. The first-order valence-corrected chi connectivity index (χ1v) is 11.6. The lowest BCUT2D eigenvalue weighted by atomic mass is 10.0. The molecule has 0 unspecified atom stereocenters. The number of hydrogen-bond acceptors (Lipinski definition) is 7. The van der Waals surface area contributed by atoms with Crippen LogP contribution in [0.2, 0.25) is 0 Å². The highest BCUT2D eigenvalue weighted by atomic mass is 19.4. The van der Waals surface area contributed by atoms with Gasteiger partial charge < -0.3 is 19.3 Å². The van der Waals surface area contributed by atoms with Gasteiger partial charge in [0.1, 0.15) is 17.8 Å². The molecule has 37 heavy (non-hydrogen) atoms. The van der Waals surface area contributed by atoms with E-state index in [4.69, 9.17) is 14.0 Å². The number of methoxy groups -OCH3 is 1. The third-order valence-corrected chi connectivity index (χ3v) is 6.23. The predicted molar refractivity (Wildman–Crippen MR) is 128 cm³/mol. The first kappa shape index (κ1) is 24.7. The van der Waals surface area contributed by atoms with Crippen molar-refractivity contribution in [3.8, 4) is 17.0 Å². The number of aromatic nitrogens is 3. The second-order valence-corrected chi connectivity index (χ2v) is 8.83. The molecule has 5 rings (SSSR count). The van der Waals surface area contributed by atoms with Crippen LogP contribution in [0, 0.1) is 0 Å². The number of nitrogens with zero attached hydrogens (tertiary/aromatic N) is 3. The van der Waals surface area contributed by atoms with Crippen molar-refractivity contribution in [3.63, 3.8) is 0 Å². The van der Waals surface area contributed by atoms with E-state index < -0.39 is 17.5 Å². The minimum atomic E-state index is -4.41. The van der Waals surface area contributed by atoms with Gasteiger partial charge in [0.2, 0.25) is 5.91 Å². The molecule has 2 aromatic heterocycles. The lowest BCUT2D eigenvalue weighted by Crippen LogP contribution is -2.28. The van der Waals surface area contributed by atoms with Crippen molar-refractivity contribution in [2.24, 2.45) is 0 Å². The average Bonchev–Trinajstić information content (AvgIpc) is 3.58. The van der Waals surface area contributed by atoms with Crippen LogP contribution >= 0.6 is 0 Å². The molecule has 0 atom stereocenters. The van der Waals surface area contributed by atoms with E-state index in [2.05, 4.69) is 20.4 Å². The van der Waals surface area contributed by atoms with Gasteiger partial charge in [0, 0.05) is 24.8 Å². The molecule has 192 valence electrons. The van der Waals surface area contributed by atoms with E-state index in [0.29, 0.717) is 41.3 Å². The van der Waals surface area contributed by atoms with Crippen LogP contribution < -0.4 is 10.1 Å². The third-order valence-electron chi connectivity index (χ3n) is 6.23. The second-order valence-electron chi connectivity index (χ2n) is 8.83. The zero-order valence-electron chi connectivity index (χ0n) is 19.8. The summed E-state index contributed by atoms with van der Waals surface area (Å²) in [6.07, 6.45) is -2.82. The van der Waals surface area contributed by atoms with Crippen LogP contribution in [0.4, 0.5) is 19.0 Å². The Morgan fingerprint density at radius 1 is 1.08 bits per heavy atom. The number of nitrogens with one attached hydrogen (secondary N) is 1. The highest BCUT2D eigenvalue weighted by Gasteiger charge is 2.66. The number of ether oxygens (including phenoxy) is 2. The van der Waals surface area contributed by atoms with E-state index in [1.807, 2.05) is 30.3 Å². The van der Waals surface area contributed by atoms with E-state index >= 15 is 0 Å². The molecule has 2 aromatic carbocycles. The Morgan fingerprint density at radius 2 is 1.86 bits per heavy atom. The quantitative estimate of drug-likeness (QED) is 0.312. The van der Waals surface area contributed by atoms with Crippen molar-refractivity contribution in [1.29, 1.82) is 0 Å². The maximum absolute atomic E-state index is 13.2. The SMILES string of the molecule is COCCOc1ccc2nc(-c3ccc(CC(=O)Nc4cc(C5(C(F)(F)F)CC5)on4)cc3)cnc2c1. The number of amides is 1. The molecule has 1 N–H and O–H groups in total. The summed E-state index contributed by atoms with van der Waals surface area (Å²) in [7, 11) is 1.61. The summed E-state index contributed by atoms with van der Waals surface area (Å²) < 4.78 is 55.2. The van der Waals surface area contributed by atoms with Gasteiger partial charge in [-0.1, -0.05) is 29.4 Å². The highest BCUT2D eigenvalue weighted by molar-refractivity contribution is 5.91. The molecule has 11 heteroatoms. The number of benzene rings is 2. The minimum absolute atomic E-state index is 0.0160. The Morgan fingerprint density at radius 3 is 2.57 bits per heavy atom.